The van der Waals surface area contributed by atoms with Gasteiger partial charge in [0.15, 0.2) is 0 Å². The highest BCUT2D eigenvalue weighted by atomic mass is 35.5. The zero-order valence-corrected chi connectivity index (χ0v) is 20.8. The first-order valence-corrected chi connectivity index (χ1v) is 11.2. The number of amides is 1. The number of anilines is 1. The van der Waals surface area contributed by atoms with E-state index in [1.807, 2.05) is 6.92 Å². The summed E-state index contributed by atoms with van der Waals surface area (Å²) >= 11 is 6.03. The third kappa shape index (κ3) is 6.26. The maximum atomic E-state index is 12.8. The van der Waals surface area contributed by atoms with Crippen molar-refractivity contribution < 1.29 is 14.6 Å². The molecule has 3 atom stereocenters. The molecule has 3 N–H and O–H groups in total. The Hall–Kier alpha value is -2.66. The SMILES string of the molecule is Cc1cnc(NC2CCOC(C)C2)nc1-n1cnc(C(=O)N[C@H](CO)c2cccc(Cl)c2)c1.S. The van der Waals surface area contributed by atoms with Crippen LogP contribution in [0, 0.1) is 6.92 Å². The molecule has 0 radical (unpaired) electrons. The Kier molecular flexibility index (Phi) is 8.90. The highest BCUT2D eigenvalue weighted by Crippen LogP contribution is 2.20. The maximum Gasteiger partial charge on any atom is 0.272 e. The summed E-state index contributed by atoms with van der Waals surface area (Å²) in [5, 5.41) is 16.5. The van der Waals surface area contributed by atoms with E-state index in [0.717, 1.165) is 18.4 Å². The van der Waals surface area contributed by atoms with Gasteiger partial charge in [-0.25, -0.2) is 9.97 Å². The van der Waals surface area contributed by atoms with Gasteiger partial charge in [0.1, 0.15) is 17.8 Å². The summed E-state index contributed by atoms with van der Waals surface area (Å²) in [4.78, 5) is 26.1. The van der Waals surface area contributed by atoms with Gasteiger partial charge in [-0.05, 0) is 44.4 Å². The lowest BCUT2D eigenvalue weighted by Crippen LogP contribution is -2.33. The molecule has 3 aromatic rings. The first-order chi connectivity index (χ1) is 15.9. The minimum absolute atomic E-state index is 0. The number of aliphatic hydroxyl groups excluding tert-OH is 1. The van der Waals surface area contributed by atoms with Crippen molar-refractivity contribution in [2.45, 2.75) is 44.9 Å². The Morgan fingerprint density at radius 1 is 1.38 bits per heavy atom. The van der Waals surface area contributed by atoms with Gasteiger partial charge in [-0.2, -0.15) is 18.5 Å². The number of aromatic nitrogens is 4. The Morgan fingerprint density at radius 2 is 2.21 bits per heavy atom. The van der Waals surface area contributed by atoms with E-state index in [2.05, 4.69) is 32.5 Å². The van der Waals surface area contributed by atoms with Gasteiger partial charge in [0.2, 0.25) is 5.95 Å². The van der Waals surface area contributed by atoms with Crippen LogP contribution in [0.3, 0.4) is 0 Å². The molecule has 9 nitrogen and oxygen atoms in total. The summed E-state index contributed by atoms with van der Waals surface area (Å²) in [5.41, 5.74) is 1.77. The molecule has 2 unspecified atom stereocenters. The molecule has 1 saturated heterocycles. The Balaban J connectivity index is 0.00000324. The van der Waals surface area contributed by atoms with Crippen molar-refractivity contribution in [3.05, 3.63) is 64.8 Å². The maximum absolute atomic E-state index is 12.8. The number of aliphatic hydroxyl groups is 1. The molecule has 1 aliphatic rings. The van der Waals surface area contributed by atoms with E-state index < -0.39 is 11.9 Å². The summed E-state index contributed by atoms with van der Waals surface area (Å²) in [6.45, 7) is 4.40. The molecule has 0 saturated carbocycles. The normalized spacial score (nSPS) is 18.6. The highest BCUT2D eigenvalue weighted by molar-refractivity contribution is 7.59. The largest absolute Gasteiger partial charge is 0.394 e. The van der Waals surface area contributed by atoms with E-state index in [4.69, 9.17) is 16.3 Å². The Bertz CT molecular complexity index is 1130. The number of aryl methyl sites for hydroxylation is 1. The second-order valence-electron chi connectivity index (χ2n) is 8.18. The lowest BCUT2D eigenvalue weighted by molar-refractivity contribution is 0.0231. The van der Waals surface area contributed by atoms with Crippen molar-refractivity contribution in [1.29, 1.82) is 0 Å². The van der Waals surface area contributed by atoms with Crippen LogP contribution in [0.5, 0.6) is 0 Å². The minimum Gasteiger partial charge on any atom is -0.394 e. The molecule has 0 spiro atoms. The van der Waals surface area contributed by atoms with Crippen molar-refractivity contribution in [3.8, 4) is 5.82 Å². The number of rotatable bonds is 7. The van der Waals surface area contributed by atoms with E-state index in [1.54, 1.807) is 41.2 Å². The number of ether oxygens (including phenoxy) is 1. The van der Waals surface area contributed by atoms with Crippen molar-refractivity contribution >= 4 is 37.0 Å². The third-order valence-electron chi connectivity index (χ3n) is 5.56. The number of imidazole rings is 1. The molecule has 2 aromatic heterocycles. The van der Waals surface area contributed by atoms with Gasteiger partial charge in [-0.15, -0.1) is 0 Å². The van der Waals surface area contributed by atoms with Crippen molar-refractivity contribution in [2.75, 3.05) is 18.5 Å². The standard InChI is InChI=1S/C23H27ClN6O3.H2S/c1-14-10-25-23(27-18-6-7-33-15(2)8-18)29-21(14)30-11-19(26-13-30)22(32)28-20(12-31)16-4-3-5-17(24)9-16;/h3-5,9-11,13,15,18,20,31H,6-8,12H2,1-2H3,(H,28,32)(H,25,27,29);1H2/t15?,18?,20-;/m1./s1. The fourth-order valence-electron chi connectivity index (χ4n) is 3.82. The van der Waals surface area contributed by atoms with Crippen molar-refractivity contribution in [3.63, 3.8) is 0 Å². The molecular formula is C23H29ClN6O3S. The molecule has 11 heteroatoms. The highest BCUT2D eigenvalue weighted by Gasteiger charge is 2.21. The van der Waals surface area contributed by atoms with E-state index in [1.165, 1.54) is 6.33 Å². The Morgan fingerprint density at radius 3 is 2.94 bits per heavy atom. The van der Waals surface area contributed by atoms with Crippen LogP contribution in [-0.2, 0) is 4.74 Å². The number of nitrogens with zero attached hydrogens (tertiary/aromatic N) is 4. The number of hydrogen-bond donors (Lipinski definition) is 3. The lowest BCUT2D eigenvalue weighted by Gasteiger charge is -2.28. The number of nitrogens with one attached hydrogen (secondary N) is 2. The lowest BCUT2D eigenvalue weighted by atomic mass is 10.0. The predicted molar refractivity (Wildman–Crippen MR) is 135 cm³/mol. The first kappa shape index (κ1) is 26.0. The van der Waals surface area contributed by atoms with Gasteiger partial charge in [0.25, 0.3) is 5.91 Å². The van der Waals surface area contributed by atoms with Crippen molar-refractivity contribution in [2.24, 2.45) is 0 Å². The molecule has 1 amide bonds. The van der Waals surface area contributed by atoms with Gasteiger partial charge < -0.3 is 20.5 Å². The van der Waals surface area contributed by atoms with Crippen LogP contribution in [0.15, 0.2) is 43.0 Å². The third-order valence-corrected chi connectivity index (χ3v) is 5.80. The summed E-state index contributed by atoms with van der Waals surface area (Å²) in [5.74, 6) is 0.748. The fourth-order valence-corrected chi connectivity index (χ4v) is 4.02. The topological polar surface area (TPSA) is 114 Å². The minimum atomic E-state index is -0.597. The number of carbonyl (C=O) groups is 1. The molecule has 3 heterocycles. The van der Waals surface area contributed by atoms with E-state index in [9.17, 15) is 9.90 Å². The van der Waals surface area contributed by atoms with Gasteiger partial charge in [0, 0.05) is 35.6 Å². The first-order valence-electron chi connectivity index (χ1n) is 10.9. The Labute approximate surface area is 210 Å². The second-order valence-corrected chi connectivity index (χ2v) is 8.61. The van der Waals surface area contributed by atoms with E-state index >= 15 is 0 Å². The fraction of sp³-hybridized carbons (Fsp3) is 0.391. The molecule has 34 heavy (non-hydrogen) atoms. The molecule has 1 aromatic carbocycles. The van der Waals surface area contributed by atoms with Crippen LogP contribution in [-0.4, -0.2) is 55.9 Å². The molecule has 1 aliphatic heterocycles. The molecular weight excluding hydrogens is 476 g/mol. The molecule has 4 rings (SSSR count). The average molecular weight is 505 g/mol. The molecule has 182 valence electrons. The number of benzene rings is 1. The van der Waals surface area contributed by atoms with Crippen molar-refractivity contribution in [1.82, 2.24) is 24.8 Å². The smallest absolute Gasteiger partial charge is 0.272 e. The molecule has 0 aliphatic carbocycles. The van der Waals surface area contributed by atoms with E-state index in [0.29, 0.717) is 29.0 Å². The second kappa shape index (κ2) is 11.7. The quantitative estimate of drug-likeness (QED) is 0.452. The molecule has 1 fully saturated rings. The van der Waals surface area contributed by atoms with E-state index in [-0.39, 0.29) is 37.9 Å². The number of halogens is 1. The van der Waals surface area contributed by atoms with Crippen LogP contribution in [0.2, 0.25) is 5.02 Å². The van der Waals surface area contributed by atoms with Crippen LogP contribution in [0.25, 0.3) is 5.82 Å². The summed E-state index contributed by atoms with van der Waals surface area (Å²) in [7, 11) is 0. The van der Waals surface area contributed by atoms with Crippen LogP contribution < -0.4 is 10.6 Å². The van der Waals surface area contributed by atoms with Crippen LogP contribution >= 0.6 is 25.1 Å². The van der Waals surface area contributed by atoms with Gasteiger partial charge in [-0.3, -0.25) is 9.36 Å². The summed E-state index contributed by atoms with van der Waals surface area (Å²) in [6, 6.07) is 6.66. The number of hydrogen-bond acceptors (Lipinski definition) is 7. The van der Waals surface area contributed by atoms with Crippen LogP contribution in [0.1, 0.15) is 47.4 Å². The monoisotopic (exact) mass is 504 g/mol. The zero-order valence-electron chi connectivity index (χ0n) is 19.0. The zero-order chi connectivity index (χ0) is 23.4. The summed E-state index contributed by atoms with van der Waals surface area (Å²) in [6.07, 6.45) is 6.88. The number of carbonyl (C=O) groups excluding carboxylic acids is 1. The van der Waals surface area contributed by atoms with Gasteiger partial charge >= 0.3 is 0 Å². The average Bonchev–Trinajstić information content (AvgIpc) is 3.29. The van der Waals surface area contributed by atoms with Gasteiger partial charge in [0.05, 0.1) is 18.8 Å². The molecule has 0 bridgehead atoms. The van der Waals surface area contributed by atoms with Crippen LogP contribution in [0.4, 0.5) is 5.95 Å². The summed E-state index contributed by atoms with van der Waals surface area (Å²) < 4.78 is 7.29. The van der Waals surface area contributed by atoms with Gasteiger partial charge in [-0.1, -0.05) is 23.7 Å². The predicted octanol–water partition coefficient (Wildman–Crippen LogP) is 3.18.